The number of carbonyl (C=O) groups excluding carboxylic acids is 2. The Hall–Kier alpha value is -2.14. The van der Waals surface area contributed by atoms with Gasteiger partial charge in [-0.1, -0.05) is 0 Å². The molecule has 6 heterocycles. The monoisotopic (exact) mass is 1010 g/mol. The Bertz CT molecular complexity index is 1640. The molecule has 18 N–H and O–H groups in total. The van der Waals surface area contributed by atoms with Crippen molar-refractivity contribution < 1.29 is 143 Å². The van der Waals surface area contributed by atoms with Gasteiger partial charge >= 0.3 is 0 Å². The summed E-state index contributed by atoms with van der Waals surface area (Å²) in [5.41, 5.74) is 0. The summed E-state index contributed by atoms with van der Waals surface area (Å²) in [6, 6.07) is -3.21. The minimum atomic E-state index is -2.16. The average Bonchev–Trinajstić information content (AvgIpc) is 3.30. The van der Waals surface area contributed by atoms with E-state index in [0.717, 1.165) is 13.8 Å². The molecule has 0 spiro atoms. The van der Waals surface area contributed by atoms with Crippen LogP contribution in [0.5, 0.6) is 0 Å². The van der Waals surface area contributed by atoms with Gasteiger partial charge in [0.05, 0.1) is 39.6 Å². The lowest BCUT2D eigenvalue weighted by Crippen LogP contribution is -2.70. The first-order chi connectivity index (χ1) is 32.6. The first-order valence-electron chi connectivity index (χ1n) is 21.9. The number of hydrogen-bond donors (Lipinski definition) is 18. The first-order valence-corrected chi connectivity index (χ1v) is 21.9. The number of amides is 2. The van der Waals surface area contributed by atoms with Crippen molar-refractivity contribution in [2.24, 2.45) is 0 Å². The number of hydrogen-bond acceptors (Lipinski definition) is 29. The molecule has 0 bridgehead atoms. The van der Waals surface area contributed by atoms with Gasteiger partial charge in [-0.3, -0.25) is 9.59 Å². The van der Waals surface area contributed by atoms with Crippen LogP contribution in [0.4, 0.5) is 0 Å². The second kappa shape index (κ2) is 24.3. The SMILES string of the molecule is CC(=O)N[C@@H]1[C@@H](O)[C@H](O[C@@H]2O[C@H](CO)[C@@H](O[C@@H]3O[C@H](CO[C@H]4OC[C@@H](O)[C@H](O[C@H]5O[C@H](CO)[C@@H](O)[C@H](O)[C@@H]5O)[C@@H]4O)[C@@H](O)[C@H](O[C@H]4OC[C@@H](O)[C@H](O)[C@@H]4O)[C@@H]3O)[C@H](O)[C@H]2NC(C)=O)[C@@H](CO)O[C@H]1O. The van der Waals surface area contributed by atoms with Crippen LogP contribution < -0.4 is 10.6 Å². The molecule has 2 amide bonds. The van der Waals surface area contributed by atoms with Crippen molar-refractivity contribution in [1.82, 2.24) is 10.6 Å². The van der Waals surface area contributed by atoms with E-state index in [1.807, 2.05) is 0 Å². The first kappa shape index (κ1) is 56.2. The molecular weight excluding hydrogens is 948 g/mol. The van der Waals surface area contributed by atoms with Gasteiger partial charge in [-0.05, 0) is 0 Å². The topological polar surface area (TPSA) is 483 Å². The number of rotatable bonds is 16. The lowest BCUT2D eigenvalue weighted by molar-refractivity contribution is -0.380. The smallest absolute Gasteiger partial charge is 0.217 e. The van der Waals surface area contributed by atoms with Gasteiger partial charge in [-0.15, -0.1) is 0 Å². The molecule has 0 aliphatic carbocycles. The molecule has 6 fully saturated rings. The van der Waals surface area contributed by atoms with Gasteiger partial charge in [0.25, 0.3) is 0 Å². The lowest BCUT2D eigenvalue weighted by atomic mass is 9.94. The van der Waals surface area contributed by atoms with Crippen LogP contribution in [0.15, 0.2) is 0 Å². The second-order valence-corrected chi connectivity index (χ2v) is 17.4. The number of aliphatic hydroxyl groups excluding tert-OH is 16. The molecular formula is C38H64N2O29. The molecule has 6 rings (SSSR count). The van der Waals surface area contributed by atoms with Crippen LogP contribution in [0.1, 0.15) is 13.8 Å². The van der Waals surface area contributed by atoms with E-state index in [9.17, 15) is 91.3 Å². The minimum absolute atomic E-state index is 0.588. The van der Waals surface area contributed by atoms with Crippen LogP contribution in [0.2, 0.25) is 0 Å². The van der Waals surface area contributed by atoms with E-state index in [4.69, 9.17) is 52.1 Å². The van der Waals surface area contributed by atoms with Crippen molar-refractivity contribution in [3.8, 4) is 0 Å². The molecule has 28 atom stereocenters. The maximum absolute atomic E-state index is 12.5. The molecule has 0 saturated carbocycles. The van der Waals surface area contributed by atoms with Crippen molar-refractivity contribution in [2.45, 2.75) is 186 Å². The van der Waals surface area contributed by atoms with E-state index in [1.165, 1.54) is 0 Å². The van der Waals surface area contributed by atoms with E-state index in [2.05, 4.69) is 10.6 Å². The predicted molar refractivity (Wildman–Crippen MR) is 210 cm³/mol. The third-order valence-electron chi connectivity index (χ3n) is 12.4. The summed E-state index contributed by atoms with van der Waals surface area (Å²) in [6.07, 6.45) is -47.2. The van der Waals surface area contributed by atoms with Gasteiger partial charge in [0.2, 0.25) is 11.8 Å². The Balaban J connectivity index is 1.22. The minimum Gasteiger partial charge on any atom is -0.394 e. The average molecular weight is 1010 g/mol. The second-order valence-electron chi connectivity index (χ2n) is 17.4. The van der Waals surface area contributed by atoms with Gasteiger partial charge in [0.1, 0.15) is 134 Å². The Labute approximate surface area is 391 Å². The van der Waals surface area contributed by atoms with Crippen LogP contribution in [0, 0.1) is 0 Å². The summed E-state index contributed by atoms with van der Waals surface area (Å²) in [6.45, 7) is -2.61. The highest BCUT2D eigenvalue weighted by Crippen LogP contribution is 2.35. The Morgan fingerprint density at radius 2 is 0.899 bits per heavy atom. The number of ether oxygens (including phenoxy) is 11. The Kier molecular flexibility index (Phi) is 19.7. The number of aliphatic hydroxyl groups is 16. The summed E-state index contributed by atoms with van der Waals surface area (Å²) >= 11 is 0. The van der Waals surface area contributed by atoms with E-state index < -0.39 is 223 Å². The normalized spacial score (nSPS) is 49.8. The fourth-order valence-electron chi connectivity index (χ4n) is 8.67. The molecule has 0 unspecified atom stereocenters. The van der Waals surface area contributed by atoms with Crippen molar-refractivity contribution in [3.63, 3.8) is 0 Å². The molecule has 31 nitrogen and oxygen atoms in total. The molecule has 0 aromatic carbocycles. The standard InChI is InChI=1S/C38H64N2O29/c1-9(44)39-17-22(51)30(14(4-42)62-33(17)58)67-34-18(40-10(2)45)23(52)31(15(5-43)64-34)68-38-28(57)32(69-36-25(54)19(48)11(46)6-60-36)21(50)16(65-38)8-61-35-27(56)29(12(47)7-59-35)66-37-26(55)24(53)20(49)13(3-41)63-37/h11-38,41-43,46-58H,3-8H2,1-2H3,(H,39,44)(H,40,45)/t11-,12-,13-,14-,15-,16-,17-,18-,19+,20-,21-,22-,23-,24+,25+,26+,27+,28+,29+,30-,31-,32+,33-,34+,35-,36-,37-,38+/m1/s1. The zero-order valence-electron chi connectivity index (χ0n) is 36.9. The van der Waals surface area contributed by atoms with Crippen molar-refractivity contribution >= 4 is 11.8 Å². The maximum atomic E-state index is 12.5. The number of nitrogens with one attached hydrogen (secondary N) is 2. The highest BCUT2D eigenvalue weighted by molar-refractivity contribution is 5.73. The van der Waals surface area contributed by atoms with Crippen LogP contribution in [0.3, 0.4) is 0 Å². The van der Waals surface area contributed by atoms with Crippen molar-refractivity contribution in [1.29, 1.82) is 0 Å². The summed E-state index contributed by atoms with van der Waals surface area (Å²) in [4.78, 5) is 24.3. The molecule has 0 aromatic heterocycles. The molecule has 6 saturated heterocycles. The van der Waals surface area contributed by atoms with E-state index in [-0.39, 0.29) is 0 Å². The largest absolute Gasteiger partial charge is 0.394 e. The summed E-state index contributed by atoms with van der Waals surface area (Å²) < 4.78 is 62.2. The fraction of sp³-hybridized carbons (Fsp3) is 0.947. The highest BCUT2D eigenvalue weighted by atomic mass is 16.8. The predicted octanol–water partition coefficient (Wildman–Crippen LogP) is -12.5. The van der Waals surface area contributed by atoms with Crippen LogP contribution >= 0.6 is 0 Å². The maximum Gasteiger partial charge on any atom is 0.217 e. The molecule has 400 valence electrons. The Morgan fingerprint density at radius 3 is 1.52 bits per heavy atom. The summed E-state index contributed by atoms with van der Waals surface area (Å²) in [5.74, 6) is -1.50. The van der Waals surface area contributed by atoms with E-state index >= 15 is 0 Å². The third kappa shape index (κ3) is 12.5. The summed E-state index contributed by atoms with van der Waals surface area (Å²) in [5, 5.41) is 175. The van der Waals surface area contributed by atoms with E-state index in [1.54, 1.807) is 0 Å². The van der Waals surface area contributed by atoms with Gasteiger partial charge in [0.15, 0.2) is 37.7 Å². The van der Waals surface area contributed by atoms with Crippen molar-refractivity contribution in [2.75, 3.05) is 39.6 Å². The zero-order chi connectivity index (χ0) is 50.8. The number of carbonyl (C=O) groups is 2. The molecule has 31 heteroatoms. The summed E-state index contributed by atoms with van der Waals surface area (Å²) in [7, 11) is 0. The third-order valence-corrected chi connectivity index (χ3v) is 12.4. The van der Waals surface area contributed by atoms with E-state index in [0.29, 0.717) is 0 Å². The molecule has 6 aliphatic heterocycles. The molecule has 6 aliphatic rings. The van der Waals surface area contributed by atoms with Gasteiger partial charge in [-0.25, -0.2) is 0 Å². The Morgan fingerprint density at radius 1 is 0.435 bits per heavy atom. The quantitative estimate of drug-likeness (QED) is 0.0682. The van der Waals surface area contributed by atoms with Crippen LogP contribution in [-0.2, 0) is 61.7 Å². The molecule has 0 radical (unpaired) electrons. The van der Waals surface area contributed by atoms with Gasteiger partial charge in [0, 0.05) is 13.8 Å². The highest BCUT2D eigenvalue weighted by Gasteiger charge is 2.56. The van der Waals surface area contributed by atoms with Crippen molar-refractivity contribution in [3.05, 3.63) is 0 Å². The zero-order valence-corrected chi connectivity index (χ0v) is 36.9. The van der Waals surface area contributed by atoms with Gasteiger partial charge in [-0.2, -0.15) is 0 Å². The molecule has 0 aromatic rings. The molecule has 69 heavy (non-hydrogen) atoms. The lowest BCUT2D eigenvalue weighted by Gasteiger charge is -2.50. The van der Waals surface area contributed by atoms with Crippen LogP contribution in [0.25, 0.3) is 0 Å². The fourth-order valence-corrected chi connectivity index (χ4v) is 8.67. The van der Waals surface area contributed by atoms with Gasteiger partial charge < -0.3 is 144 Å². The van der Waals surface area contributed by atoms with Crippen LogP contribution in [-0.4, -0.2) is 305 Å².